The van der Waals surface area contributed by atoms with Crippen LogP contribution in [0.5, 0.6) is 0 Å². The highest BCUT2D eigenvalue weighted by molar-refractivity contribution is 6.30. The average molecular weight is 415 g/mol. The molecular formula is C24H31ClN2O2. The Morgan fingerprint density at radius 3 is 2.28 bits per heavy atom. The number of rotatable bonds is 7. The highest BCUT2D eigenvalue weighted by Gasteiger charge is 2.30. The maximum Gasteiger partial charge on any atom is 0.243 e. The van der Waals surface area contributed by atoms with Crippen LogP contribution in [0, 0.1) is 6.92 Å². The monoisotopic (exact) mass is 414 g/mol. The van der Waals surface area contributed by atoms with Crippen molar-refractivity contribution in [2.24, 2.45) is 0 Å². The van der Waals surface area contributed by atoms with Crippen LogP contribution in [0.15, 0.2) is 48.5 Å². The van der Waals surface area contributed by atoms with E-state index in [9.17, 15) is 9.59 Å². The van der Waals surface area contributed by atoms with Crippen LogP contribution in [-0.2, 0) is 22.6 Å². The predicted molar refractivity (Wildman–Crippen MR) is 119 cm³/mol. The summed E-state index contributed by atoms with van der Waals surface area (Å²) in [5.41, 5.74) is 2.65. The van der Waals surface area contributed by atoms with E-state index < -0.39 is 6.04 Å². The summed E-state index contributed by atoms with van der Waals surface area (Å²) in [5, 5.41) is 3.66. The van der Waals surface area contributed by atoms with Crippen molar-refractivity contribution in [3.05, 3.63) is 70.2 Å². The fourth-order valence-electron chi connectivity index (χ4n) is 3.26. The third kappa shape index (κ3) is 7.21. The van der Waals surface area contributed by atoms with Gasteiger partial charge in [-0.3, -0.25) is 9.59 Å². The molecule has 5 heteroatoms. The highest BCUT2D eigenvalue weighted by atomic mass is 35.5. The van der Waals surface area contributed by atoms with Gasteiger partial charge in [-0.25, -0.2) is 0 Å². The number of hydrogen-bond acceptors (Lipinski definition) is 2. The Bertz CT molecular complexity index is 841. The first-order valence-corrected chi connectivity index (χ1v) is 10.4. The summed E-state index contributed by atoms with van der Waals surface area (Å²) < 4.78 is 0. The number of benzene rings is 2. The molecule has 1 N–H and O–H groups in total. The first kappa shape index (κ1) is 23.0. The SMILES string of the molecule is CC[C@@H](C(=O)NC(C)(C)C)N(Cc1cccc(C)c1)C(=O)Cc1ccc(Cl)cc1. The minimum absolute atomic E-state index is 0.0789. The van der Waals surface area contributed by atoms with Crippen molar-refractivity contribution in [2.75, 3.05) is 0 Å². The maximum atomic E-state index is 13.3. The normalized spacial score (nSPS) is 12.3. The van der Waals surface area contributed by atoms with Gasteiger partial charge in [-0.05, 0) is 57.4 Å². The minimum Gasteiger partial charge on any atom is -0.350 e. The lowest BCUT2D eigenvalue weighted by Crippen LogP contribution is -2.53. The zero-order chi connectivity index (χ0) is 21.6. The standard InChI is InChI=1S/C24H31ClN2O2/c1-6-21(23(29)26-24(3,4)5)27(16-19-9-7-8-17(2)14-19)22(28)15-18-10-12-20(25)13-11-18/h7-14,21H,6,15-16H2,1-5H3,(H,26,29)/t21-/m0/s1. The predicted octanol–water partition coefficient (Wildman–Crippen LogP) is 4.91. The minimum atomic E-state index is -0.533. The number of nitrogens with zero attached hydrogens (tertiary/aromatic N) is 1. The second-order valence-electron chi connectivity index (χ2n) is 8.48. The van der Waals surface area contributed by atoms with E-state index in [0.717, 1.165) is 16.7 Å². The summed E-state index contributed by atoms with van der Waals surface area (Å²) in [6, 6.07) is 14.8. The van der Waals surface area contributed by atoms with Crippen LogP contribution in [0.3, 0.4) is 0 Å². The first-order valence-electron chi connectivity index (χ1n) is 10.0. The molecular weight excluding hydrogens is 384 g/mol. The van der Waals surface area contributed by atoms with Crippen LogP contribution in [0.1, 0.15) is 50.8 Å². The van der Waals surface area contributed by atoms with Gasteiger partial charge in [0.1, 0.15) is 6.04 Å². The molecule has 0 unspecified atom stereocenters. The summed E-state index contributed by atoms with van der Waals surface area (Å²) in [6.07, 6.45) is 0.766. The van der Waals surface area contributed by atoms with Crippen molar-refractivity contribution in [1.29, 1.82) is 0 Å². The number of amides is 2. The van der Waals surface area contributed by atoms with Crippen LogP contribution in [0.25, 0.3) is 0 Å². The molecule has 0 radical (unpaired) electrons. The van der Waals surface area contributed by atoms with Gasteiger partial charge in [0.25, 0.3) is 0 Å². The van der Waals surface area contributed by atoms with Crippen molar-refractivity contribution in [2.45, 2.75) is 65.6 Å². The third-order valence-electron chi connectivity index (χ3n) is 4.59. The molecule has 0 aliphatic heterocycles. The van der Waals surface area contributed by atoms with Gasteiger partial charge >= 0.3 is 0 Å². The molecule has 156 valence electrons. The molecule has 0 spiro atoms. The van der Waals surface area contributed by atoms with Crippen LogP contribution < -0.4 is 5.32 Å². The van der Waals surface area contributed by atoms with Gasteiger partial charge in [-0.2, -0.15) is 0 Å². The van der Waals surface area contributed by atoms with E-state index in [2.05, 4.69) is 11.4 Å². The lowest BCUT2D eigenvalue weighted by atomic mass is 10.0. The second kappa shape index (κ2) is 9.93. The Hall–Kier alpha value is -2.33. The van der Waals surface area contributed by atoms with E-state index in [1.54, 1.807) is 17.0 Å². The summed E-state index contributed by atoms with van der Waals surface area (Å²) in [7, 11) is 0. The van der Waals surface area contributed by atoms with E-state index in [1.807, 2.05) is 65.0 Å². The summed E-state index contributed by atoms with van der Waals surface area (Å²) in [4.78, 5) is 27.9. The molecule has 0 aromatic heterocycles. The Kier molecular flexibility index (Phi) is 7.86. The molecule has 1 atom stereocenters. The van der Waals surface area contributed by atoms with Gasteiger partial charge in [0.05, 0.1) is 6.42 Å². The fourth-order valence-corrected chi connectivity index (χ4v) is 3.38. The van der Waals surface area contributed by atoms with Crippen molar-refractivity contribution >= 4 is 23.4 Å². The molecule has 2 rings (SSSR count). The van der Waals surface area contributed by atoms with Gasteiger partial charge < -0.3 is 10.2 Å². The van der Waals surface area contributed by atoms with Crippen LogP contribution in [0.2, 0.25) is 5.02 Å². The molecule has 0 bridgehead atoms. The largest absolute Gasteiger partial charge is 0.350 e. The molecule has 2 aromatic rings. The Balaban J connectivity index is 2.30. The molecule has 0 saturated carbocycles. The number of hydrogen-bond donors (Lipinski definition) is 1. The summed E-state index contributed by atoms with van der Waals surface area (Å²) in [6.45, 7) is 10.2. The number of nitrogens with one attached hydrogen (secondary N) is 1. The van der Waals surface area contributed by atoms with Crippen molar-refractivity contribution in [3.63, 3.8) is 0 Å². The molecule has 0 saturated heterocycles. The quantitative estimate of drug-likeness (QED) is 0.699. The topological polar surface area (TPSA) is 49.4 Å². The van der Waals surface area contributed by atoms with Crippen molar-refractivity contribution < 1.29 is 9.59 Å². The summed E-state index contributed by atoms with van der Waals surface area (Å²) in [5.74, 6) is -0.207. The summed E-state index contributed by atoms with van der Waals surface area (Å²) >= 11 is 5.96. The smallest absolute Gasteiger partial charge is 0.243 e. The van der Waals surface area contributed by atoms with Gasteiger partial charge in [0, 0.05) is 17.1 Å². The van der Waals surface area contributed by atoms with Gasteiger partial charge in [0.2, 0.25) is 11.8 Å². The molecule has 0 aliphatic carbocycles. The van der Waals surface area contributed by atoms with E-state index in [1.165, 1.54) is 0 Å². The number of aryl methyl sites for hydroxylation is 1. The van der Waals surface area contributed by atoms with Gasteiger partial charge in [-0.1, -0.05) is 60.5 Å². The second-order valence-corrected chi connectivity index (χ2v) is 8.91. The van der Waals surface area contributed by atoms with Crippen molar-refractivity contribution in [3.8, 4) is 0 Å². The van der Waals surface area contributed by atoms with Crippen LogP contribution >= 0.6 is 11.6 Å². The third-order valence-corrected chi connectivity index (χ3v) is 4.84. The molecule has 4 nitrogen and oxygen atoms in total. The Labute approximate surface area is 179 Å². The van der Waals surface area contributed by atoms with E-state index >= 15 is 0 Å². The molecule has 29 heavy (non-hydrogen) atoms. The zero-order valence-corrected chi connectivity index (χ0v) is 18.7. The van der Waals surface area contributed by atoms with E-state index in [4.69, 9.17) is 11.6 Å². The molecule has 2 amide bonds. The van der Waals surface area contributed by atoms with E-state index in [0.29, 0.717) is 18.0 Å². The lowest BCUT2D eigenvalue weighted by molar-refractivity contribution is -0.141. The Morgan fingerprint density at radius 1 is 1.07 bits per heavy atom. The van der Waals surface area contributed by atoms with E-state index in [-0.39, 0.29) is 23.8 Å². The molecule has 2 aromatic carbocycles. The highest BCUT2D eigenvalue weighted by Crippen LogP contribution is 2.17. The number of carbonyl (C=O) groups excluding carboxylic acids is 2. The lowest BCUT2D eigenvalue weighted by Gasteiger charge is -2.33. The molecule has 0 aliphatic rings. The molecule has 0 heterocycles. The molecule has 0 fully saturated rings. The van der Waals surface area contributed by atoms with Crippen LogP contribution in [0.4, 0.5) is 0 Å². The average Bonchev–Trinajstić information content (AvgIpc) is 2.62. The van der Waals surface area contributed by atoms with Gasteiger partial charge in [-0.15, -0.1) is 0 Å². The Morgan fingerprint density at radius 2 is 1.72 bits per heavy atom. The van der Waals surface area contributed by atoms with Crippen LogP contribution in [-0.4, -0.2) is 28.3 Å². The van der Waals surface area contributed by atoms with Gasteiger partial charge in [0.15, 0.2) is 0 Å². The zero-order valence-electron chi connectivity index (χ0n) is 18.0. The fraction of sp³-hybridized carbons (Fsp3) is 0.417. The number of halogens is 1. The van der Waals surface area contributed by atoms with Crippen molar-refractivity contribution in [1.82, 2.24) is 10.2 Å². The first-order chi connectivity index (χ1) is 13.6. The maximum absolute atomic E-state index is 13.3. The number of carbonyl (C=O) groups is 2.